The zero-order chi connectivity index (χ0) is 27.7. The molecular formula is C30H32FN3O5. The molecule has 1 saturated heterocycles. The number of hydrogen-bond donors (Lipinski definition) is 0. The predicted octanol–water partition coefficient (Wildman–Crippen LogP) is 4.11. The van der Waals surface area contributed by atoms with Gasteiger partial charge in [0.15, 0.2) is 11.5 Å². The van der Waals surface area contributed by atoms with Gasteiger partial charge in [0.05, 0.1) is 39.0 Å². The molecule has 0 radical (unpaired) electrons. The number of hydrogen-bond acceptors (Lipinski definition) is 6. The van der Waals surface area contributed by atoms with Gasteiger partial charge in [-0.1, -0.05) is 24.3 Å². The van der Waals surface area contributed by atoms with Crippen LogP contribution in [0, 0.1) is 5.82 Å². The number of benzene rings is 3. The Morgan fingerprint density at radius 3 is 2.13 bits per heavy atom. The fraction of sp³-hybridized carbons (Fsp3) is 0.333. The monoisotopic (exact) mass is 533 g/mol. The molecule has 2 unspecified atom stereocenters. The average Bonchev–Trinajstić information content (AvgIpc) is 2.98. The van der Waals surface area contributed by atoms with Crippen LogP contribution in [0.4, 0.5) is 10.1 Å². The van der Waals surface area contributed by atoms with E-state index >= 15 is 0 Å². The van der Waals surface area contributed by atoms with E-state index in [2.05, 4.69) is 0 Å². The van der Waals surface area contributed by atoms with Gasteiger partial charge in [-0.25, -0.2) is 4.39 Å². The molecule has 2 heterocycles. The minimum atomic E-state index is -0.684. The van der Waals surface area contributed by atoms with Gasteiger partial charge in [0.25, 0.3) is 5.91 Å². The normalized spacial score (nSPS) is 19.0. The van der Waals surface area contributed by atoms with Gasteiger partial charge in [0.1, 0.15) is 11.6 Å². The molecule has 1 fully saturated rings. The molecule has 0 aromatic heterocycles. The van der Waals surface area contributed by atoms with Gasteiger partial charge >= 0.3 is 0 Å². The van der Waals surface area contributed by atoms with E-state index in [0.717, 1.165) is 5.56 Å². The molecule has 2 atom stereocenters. The molecule has 0 spiro atoms. The second-order valence-corrected chi connectivity index (χ2v) is 9.67. The van der Waals surface area contributed by atoms with Gasteiger partial charge in [-0.15, -0.1) is 0 Å². The summed E-state index contributed by atoms with van der Waals surface area (Å²) in [4.78, 5) is 33.3. The molecular weight excluding hydrogens is 501 g/mol. The lowest BCUT2D eigenvalue weighted by Crippen LogP contribution is -2.53. The van der Waals surface area contributed by atoms with E-state index in [1.165, 1.54) is 20.3 Å². The number of ether oxygens (including phenoxy) is 3. The molecule has 0 saturated carbocycles. The van der Waals surface area contributed by atoms with E-state index in [1.54, 1.807) is 43.3 Å². The molecule has 5 rings (SSSR count). The first-order chi connectivity index (χ1) is 18.9. The van der Waals surface area contributed by atoms with Crippen LogP contribution in [0.2, 0.25) is 0 Å². The number of nitrogens with zero attached hydrogens (tertiary/aromatic N) is 3. The average molecular weight is 534 g/mol. The molecule has 2 amide bonds. The number of halogens is 1. The number of likely N-dealkylation sites (N-methyl/N-ethyl adjacent to an activating group) is 1. The van der Waals surface area contributed by atoms with Crippen molar-refractivity contribution in [3.8, 4) is 17.2 Å². The highest BCUT2D eigenvalue weighted by Crippen LogP contribution is 2.46. The largest absolute Gasteiger partial charge is 0.497 e. The first-order valence-electron chi connectivity index (χ1n) is 12.8. The number of para-hydroxylation sites is 1. The van der Waals surface area contributed by atoms with Crippen LogP contribution in [0.1, 0.15) is 33.4 Å². The molecule has 0 bridgehead atoms. The highest BCUT2D eigenvalue weighted by Gasteiger charge is 2.45. The number of carbonyl (C=O) groups is 2. The number of methoxy groups -OCH3 is 3. The highest BCUT2D eigenvalue weighted by molar-refractivity contribution is 6.02. The first-order valence-corrected chi connectivity index (χ1v) is 12.8. The predicted molar refractivity (Wildman–Crippen MR) is 145 cm³/mol. The summed E-state index contributed by atoms with van der Waals surface area (Å²) in [6, 6.07) is 16.9. The van der Waals surface area contributed by atoms with Crippen molar-refractivity contribution in [1.82, 2.24) is 9.80 Å². The van der Waals surface area contributed by atoms with Crippen molar-refractivity contribution in [2.24, 2.45) is 0 Å². The van der Waals surface area contributed by atoms with Crippen LogP contribution in [0.5, 0.6) is 17.2 Å². The van der Waals surface area contributed by atoms with E-state index in [-0.39, 0.29) is 17.6 Å². The third-order valence-corrected chi connectivity index (χ3v) is 7.68. The molecule has 2 aliphatic rings. The summed E-state index contributed by atoms with van der Waals surface area (Å²) in [7, 11) is 6.35. The Morgan fingerprint density at radius 1 is 0.872 bits per heavy atom. The van der Waals surface area contributed by atoms with Gasteiger partial charge in [0, 0.05) is 38.8 Å². The summed E-state index contributed by atoms with van der Waals surface area (Å²) in [6.07, 6.45) is 0. The second kappa shape index (κ2) is 10.8. The maximum absolute atomic E-state index is 14.4. The topological polar surface area (TPSA) is 71.5 Å². The number of fused-ring (bicyclic) bond motifs is 1. The SMILES string of the molecule is COc1ccc(C2C(C(=O)N3CCN(c4ccccc4F)CC3)c3cc(OC)c(OC)cc3C(=O)N2C)cc1. The molecule has 8 nitrogen and oxygen atoms in total. The van der Waals surface area contributed by atoms with Crippen LogP contribution in [0.3, 0.4) is 0 Å². The van der Waals surface area contributed by atoms with Crippen LogP contribution in [0.15, 0.2) is 60.7 Å². The molecule has 2 aliphatic heterocycles. The minimum Gasteiger partial charge on any atom is -0.497 e. The van der Waals surface area contributed by atoms with Crippen molar-refractivity contribution < 1.29 is 28.2 Å². The number of rotatable bonds is 6. The summed E-state index contributed by atoms with van der Waals surface area (Å²) in [6.45, 7) is 1.86. The van der Waals surface area contributed by atoms with Gasteiger partial charge in [-0.2, -0.15) is 0 Å². The van der Waals surface area contributed by atoms with Crippen molar-refractivity contribution in [3.05, 3.63) is 83.2 Å². The molecule has 0 N–H and O–H groups in total. The Morgan fingerprint density at radius 2 is 1.51 bits per heavy atom. The van der Waals surface area contributed by atoms with Crippen LogP contribution in [0.25, 0.3) is 0 Å². The Balaban J connectivity index is 1.53. The van der Waals surface area contributed by atoms with E-state index < -0.39 is 12.0 Å². The molecule has 39 heavy (non-hydrogen) atoms. The maximum atomic E-state index is 14.4. The van der Waals surface area contributed by atoms with Crippen molar-refractivity contribution >= 4 is 17.5 Å². The van der Waals surface area contributed by atoms with Crippen molar-refractivity contribution in [2.45, 2.75) is 12.0 Å². The molecule has 0 aliphatic carbocycles. The lowest BCUT2D eigenvalue weighted by Gasteiger charge is -2.43. The Bertz CT molecular complexity index is 1370. The number of amides is 2. The quantitative estimate of drug-likeness (QED) is 0.475. The van der Waals surface area contributed by atoms with Crippen molar-refractivity contribution in [2.75, 3.05) is 59.5 Å². The highest BCUT2D eigenvalue weighted by atomic mass is 19.1. The lowest BCUT2D eigenvalue weighted by molar-refractivity contribution is -0.134. The summed E-state index contributed by atoms with van der Waals surface area (Å²) >= 11 is 0. The van der Waals surface area contributed by atoms with E-state index in [0.29, 0.717) is 60.2 Å². The van der Waals surface area contributed by atoms with Gasteiger partial charge in [0.2, 0.25) is 5.91 Å². The van der Waals surface area contributed by atoms with Crippen LogP contribution >= 0.6 is 0 Å². The Kier molecular flexibility index (Phi) is 7.32. The first kappa shape index (κ1) is 26.3. The number of piperazine rings is 1. The molecule has 9 heteroatoms. The summed E-state index contributed by atoms with van der Waals surface area (Å²) < 4.78 is 30.7. The zero-order valence-corrected chi connectivity index (χ0v) is 22.5. The molecule has 3 aromatic carbocycles. The number of anilines is 1. The van der Waals surface area contributed by atoms with Gasteiger partial charge in [-0.05, 0) is 47.5 Å². The fourth-order valence-electron chi connectivity index (χ4n) is 5.61. The van der Waals surface area contributed by atoms with E-state index in [9.17, 15) is 14.0 Å². The van der Waals surface area contributed by atoms with E-state index in [4.69, 9.17) is 14.2 Å². The maximum Gasteiger partial charge on any atom is 0.254 e. The third-order valence-electron chi connectivity index (χ3n) is 7.68. The second-order valence-electron chi connectivity index (χ2n) is 9.67. The van der Waals surface area contributed by atoms with Crippen molar-refractivity contribution in [3.63, 3.8) is 0 Å². The minimum absolute atomic E-state index is 0.100. The van der Waals surface area contributed by atoms with Gasteiger partial charge in [-0.3, -0.25) is 9.59 Å². The van der Waals surface area contributed by atoms with Crippen LogP contribution < -0.4 is 19.1 Å². The molecule has 3 aromatic rings. The van der Waals surface area contributed by atoms with E-state index in [1.807, 2.05) is 40.1 Å². The van der Waals surface area contributed by atoms with Crippen LogP contribution in [-0.4, -0.2) is 76.2 Å². The number of carbonyl (C=O) groups excluding carboxylic acids is 2. The Hall–Kier alpha value is -4.27. The summed E-state index contributed by atoms with van der Waals surface area (Å²) in [5.41, 5.74) is 2.35. The molecule has 204 valence electrons. The smallest absolute Gasteiger partial charge is 0.254 e. The lowest BCUT2D eigenvalue weighted by atomic mass is 9.78. The summed E-state index contributed by atoms with van der Waals surface area (Å²) in [5, 5.41) is 0. The van der Waals surface area contributed by atoms with Crippen LogP contribution in [-0.2, 0) is 4.79 Å². The fourth-order valence-corrected chi connectivity index (χ4v) is 5.61. The summed E-state index contributed by atoms with van der Waals surface area (Å²) in [5.74, 6) is 0.282. The Labute approximate surface area is 227 Å². The van der Waals surface area contributed by atoms with Crippen molar-refractivity contribution in [1.29, 1.82) is 0 Å². The third kappa shape index (κ3) is 4.73. The standard InChI is InChI=1S/C30H32FN3O5/c1-32-28(19-9-11-20(37-2)12-10-19)27(21-17-25(38-3)26(39-4)18-22(21)29(32)35)30(36)34-15-13-33(14-16-34)24-8-6-5-7-23(24)31/h5-12,17-18,27-28H,13-16H2,1-4H3. The van der Waals surface area contributed by atoms with Gasteiger partial charge < -0.3 is 28.9 Å². The zero-order valence-electron chi connectivity index (χ0n) is 22.5.